The Hall–Kier alpha value is -4.24. The fraction of sp³-hybridized carbons (Fsp3) is 0.290. The molecule has 1 heterocycles. The summed E-state index contributed by atoms with van der Waals surface area (Å²) in [4.78, 5) is 39.7. The normalized spacial score (nSPS) is 14.7. The number of amides is 2. The number of piperazine rings is 1. The molecule has 0 aliphatic carbocycles. The van der Waals surface area contributed by atoms with Crippen molar-refractivity contribution in [2.45, 2.75) is 31.7 Å². The van der Waals surface area contributed by atoms with Crippen LogP contribution < -0.4 is 15.4 Å². The average Bonchev–Trinajstić information content (AvgIpc) is 2.97. The lowest BCUT2D eigenvalue weighted by atomic mass is 10.1. The van der Waals surface area contributed by atoms with Crippen molar-refractivity contribution in [2.75, 3.05) is 26.3 Å². The van der Waals surface area contributed by atoms with Gasteiger partial charge in [-0.1, -0.05) is 66.7 Å². The summed E-state index contributed by atoms with van der Waals surface area (Å²) < 4.78 is 11.2. The van der Waals surface area contributed by atoms with Crippen molar-refractivity contribution in [1.82, 2.24) is 15.5 Å². The van der Waals surface area contributed by atoms with Crippen LogP contribution in [0.5, 0.6) is 5.75 Å². The van der Waals surface area contributed by atoms with E-state index in [-0.39, 0.29) is 24.0 Å². The summed E-state index contributed by atoms with van der Waals surface area (Å²) in [6.45, 7) is 1.44. The minimum Gasteiger partial charge on any atom is -0.493 e. The molecule has 4 rings (SSSR count). The van der Waals surface area contributed by atoms with Gasteiger partial charge in [-0.25, -0.2) is 0 Å². The molecule has 1 unspecified atom stereocenters. The van der Waals surface area contributed by atoms with Gasteiger partial charge in [0.1, 0.15) is 11.8 Å². The Kier molecular flexibility index (Phi) is 10.6. The van der Waals surface area contributed by atoms with Gasteiger partial charge in [0.15, 0.2) is 5.11 Å². The van der Waals surface area contributed by atoms with Crippen LogP contribution in [0, 0.1) is 0 Å². The number of benzene rings is 3. The first-order valence-corrected chi connectivity index (χ1v) is 13.8. The monoisotopic (exact) mass is 559 g/mol. The second-order valence-electron chi connectivity index (χ2n) is 9.39. The van der Waals surface area contributed by atoms with Crippen LogP contribution in [0.3, 0.4) is 0 Å². The van der Waals surface area contributed by atoms with Gasteiger partial charge in [0, 0.05) is 25.1 Å². The van der Waals surface area contributed by atoms with Crippen molar-refractivity contribution >= 4 is 35.1 Å². The van der Waals surface area contributed by atoms with Crippen molar-refractivity contribution in [3.63, 3.8) is 0 Å². The summed E-state index contributed by atoms with van der Waals surface area (Å²) in [6, 6.07) is 25.9. The minimum absolute atomic E-state index is 0.0807. The lowest BCUT2D eigenvalue weighted by molar-refractivity contribution is -0.147. The van der Waals surface area contributed by atoms with E-state index in [9.17, 15) is 14.4 Å². The highest BCUT2D eigenvalue weighted by Crippen LogP contribution is 2.16. The molecule has 1 saturated heterocycles. The number of carbonyl (C=O) groups is 3. The van der Waals surface area contributed by atoms with Gasteiger partial charge < -0.3 is 19.7 Å². The van der Waals surface area contributed by atoms with Gasteiger partial charge in [0.2, 0.25) is 5.91 Å². The van der Waals surface area contributed by atoms with E-state index >= 15 is 0 Å². The van der Waals surface area contributed by atoms with E-state index < -0.39 is 17.9 Å². The number of nitrogens with zero attached hydrogens (tertiary/aromatic N) is 1. The van der Waals surface area contributed by atoms with Crippen molar-refractivity contribution in [2.24, 2.45) is 0 Å². The van der Waals surface area contributed by atoms with Crippen molar-refractivity contribution < 1.29 is 23.9 Å². The molecule has 0 aromatic heterocycles. The van der Waals surface area contributed by atoms with E-state index in [2.05, 4.69) is 10.6 Å². The first kappa shape index (κ1) is 28.8. The standard InChI is InChI=1S/C31H33N3O5S/c35-28(39-19-8-13-23-9-3-1-4-10-23)22-27-30(37)32-17-18-34(27)31(40)33-29(36)25-14-7-15-26(21-25)38-20-16-24-11-5-2-6-12-24/h1-7,9-12,14-15,21,27H,8,13,16-20,22H2,(H,32,37)(H,33,36,40). The summed E-state index contributed by atoms with van der Waals surface area (Å²) in [6.07, 6.45) is 2.05. The zero-order valence-corrected chi connectivity index (χ0v) is 23.0. The van der Waals surface area contributed by atoms with Crippen molar-refractivity contribution in [3.8, 4) is 5.75 Å². The predicted molar refractivity (Wildman–Crippen MR) is 156 cm³/mol. The first-order valence-electron chi connectivity index (χ1n) is 13.4. The van der Waals surface area contributed by atoms with Gasteiger partial charge in [-0.3, -0.25) is 19.7 Å². The van der Waals surface area contributed by atoms with Crippen LogP contribution in [0.25, 0.3) is 0 Å². The Morgan fingerprint density at radius 2 is 1.62 bits per heavy atom. The zero-order valence-electron chi connectivity index (χ0n) is 22.2. The Morgan fingerprint density at radius 1 is 0.925 bits per heavy atom. The summed E-state index contributed by atoms with van der Waals surface area (Å²) in [5, 5.41) is 5.54. The number of esters is 1. The number of nitrogens with one attached hydrogen (secondary N) is 2. The largest absolute Gasteiger partial charge is 0.493 e. The molecule has 3 aromatic rings. The van der Waals surface area contributed by atoms with E-state index in [4.69, 9.17) is 21.7 Å². The molecule has 0 radical (unpaired) electrons. The summed E-state index contributed by atoms with van der Waals surface area (Å²) in [7, 11) is 0. The molecule has 1 aliphatic rings. The highest BCUT2D eigenvalue weighted by atomic mass is 32.1. The van der Waals surface area contributed by atoms with Gasteiger partial charge >= 0.3 is 5.97 Å². The van der Waals surface area contributed by atoms with Crippen LogP contribution in [0.2, 0.25) is 0 Å². The first-order chi connectivity index (χ1) is 19.5. The molecule has 1 fully saturated rings. The molecule has 208 valence electrons. The lowest BCUT2D eigenvalue weighted by Gasteiger charge is -2.36. The minimum atomic E-state index is -0.865. The fourth-order valence-electron chi connectivity index (χ4n) is 4.38. The summed E-state index contributed by atoms with van der Waals surface area (Å²) >= 11 is 5.48. The van der Waals surface area contributed by atoms with E-state index in [0.717, 1.165) is 18.4 Å². The van der Waals surface area contributed by atoms with Crippen LogP contribution in [0.4, 0.5) is 0 Å². The fourth-order valence-corrected chi connectivity index (χ4v) is 4.70. The van der Waals surface area contributed by atoms with Crippen LogP contribution in [-0.2, 0) is 27.2 Å². The van der Waals surface area contributed by atoms with Crippen LogP contribution in [0.1, 0.15) is 34.3 Å². The number of hydrogen-bond acceptors (Lipinski definition) is 6. The molecule has 1 atom stereocenters. The third kappa shape index (κ3) is 8.64. The average molecular weight is 560 g/mol. The number of aryl methyl sites for hydroxylation is 1. The molecule has 2 N–H and O–H groups in total. The summed E-state index contributed by atoms with van der Waals surface area (Å²) in [5.41, 5.74) is 2.70. The number of ether oxygens (including phenoxy) is 2. The number of hydrogen-bond donors (Lipinski definition) is 2. The second kappa shape index (κ2) is 14.8. The van der Waals surface area contributed by atoms with Gasteiger partial charge in [-0.2, -0.15) is 0 Å². The zero-order chi connectivity index (χ0) is 28.2. The molecule has 2 amide bonds. The van der Waals surface area contributed by atoms with Crippen LogP contribution in [-0.4, -0.2) is 60.1 Å². The third-order valence-corrected chi connectivity index (χ3v) is 6.82. The molecule has 0 bridgehead atoms. The topological polar surface area (TPSA) is 97.0 Å². The molecule has 0 spiro atoms. The SMILES string of the molecule is O=C(CC1C(=O)NCCN1C(=S)NC(=O)c1cccc(OCCc2ccccc2)c1)OCCCc1ccccc1. The van der Waals surface area contributed by atoms with Crippen molar-refractivity contribution in [3.05, 3.63) is 102 Å². The Labute approximate surface area is 239 Å². The Balaban J connectivity index is 1.27. The third-order valence-electron chi connectivity index (χ3n) is 6.49. The second-order valence-corrected chi connectivity index (χ2v) is 9.77. The van der Waals surface area contributed by atoms with Gasteiger partial charge in [0.25, 0.3) is 5.91 Å². The van der Waals surface area contributed by atoms with E-state index in [0.29, 0.717) is 37.4 Å². The van der Waals surface area contributed by atoms with Crippen LogP contribution >= 0.6 is 12.2 Å². The Bertz CT molecular complexity index is 1300. The van der Waals surface area contributed by atoms with Gasteiger partial charge in [0.05, 0.1) is 19.6 Å². The molecule has 8 nitrogen and oxygen atoms in total. The lowest BCUT2D eigenvalue weighted by Crippen LogP contribution is -2.60. The molecule has 1 aliphatic heterocycles. The molecular formula is C31H33N3O5S. The molecule has 40 heavy (non-hydrogen) atoms. The number of carbonyl (C=O) groups excluding carboxylic acids is 3. The van der Waals surface area contributed by atoms with E-state index in [1.165, 1.54) is 5.56 Å². The number of rotatable bonds is 11. The maximum Gasteiger partial charge on any atom is 0.308 e. The van der Waals surface area contributed by atoms with E-state index in [1.807, 2.05) is 60.7 Å². The molecule has 0 saturated carbocycles. The summed E-state index contributed by atoms with van der Waals surface area (Å²) in [5.74, 6) is -0.682. The Morgan fingerprint density at radius 3 is 2.35 bits per heavy atom. The maximum absolute atomic E-state index is 13.0. The van der Waals surface area contributed by atoms with Crippen LogP contribution in [0.15, 0.2) is 84.9 Å². The van der Waals surface area contributed by atoms with Crippen molar-refractivity contribution in [1.29, 1.82) is 0 Å². The quantitative estimate of drug-likeness (QED) is 0.210. The number of thiocarbonyl (C=S) groups is 1. The van der Waals surface area contributed by atoms with Gasteiger partial charge in [-0.05, 0) is 54.4 Å². The predicted octanol–water partition coefficient (Wildman–Crippen LogP) is 3.69. The van der Waals surface area contributed by atoms with E-state index in [1.54, 1.807) is 29.2 Å². The molecular weight excluding hydrogens is 526 g/mol. The molecule has 9 heteroatoms. The molecule has 3 aromatic carbocycles. The highest BCUT2D eigenvalue weighted by Gasteiger charge is 2.34. The van der Waals surface area contributed by atoms with Gasteiger partial charge in [-0.15, -0.1) is 0 Å². The highest BCUT2D eigenvalue weighted by molar-refractivity contribution is 7.80. The maximum atomic E-state index is 13.0. The smallest absolute Gasteiger partial charge is 0.308 e.